The van der Waals surface area contributed by atoms with Gasteiger partial charge in [0.1, 0.15) is 0 Å². The fourth-order valence-electron chi connectivity index (χ4n) is 1.54. The Kier molecular flexibility index (Phi) is 6.06. The fourth-order valence-corrected chi connectivity index (χ4v) is 2.76. The highest BCUT2D eigenvalue weighted by molar-refractivity contribution is 7.89. The average Bonchev–Trinajstić information content (AvgIpc) is 2.37. The van der Waals surface area contributed by atoms with Crippen molar-refractivity contribution in [3.63, 3.8) is 0 Å². The van der Waals surface area contributed by atoms with Crippen molar-refractivity contribution >= 4 is 21.4 Å². The van der Waals surface area contributed by atoms with E-state index < -0.39 is 25.5 Å². The Bertz CT molecular complexity index is 601. The molecule has 9 heteroatoms. The maximum absolute atomic E-state index is 12.1. The van der Waals surface area contributed by atoms with Gasteiger partial charge < -0.3 is 10.5 Å². The Morgan fingerprint density at radius 2 is 2.10 bits per heavy atom. The first-order chi connectivity index (χ1) is 9.74. The zero-order valence-electron chi connectivity index (χ0n) is 11.9. The third kappa shape index (κ3) is 5.29. The molecule has 0 aromatic heterocycles. The van der Waals surface area contributed by atoms with Crippen molar-refractivity contribution in [3.8, 4) is 0 Å². The molecule has 0 heterocycles. The number of benzene rings is 1. The zero-order chi connectivity index (χ0) is 16.0. The molecule has 1 aromatic rings. The van der Waals surface area contributed by atoms with Crippen molar-refractivity contribution in [3.05, 3.63) is 28.3 Å². The molecule has 118 valence electrons. The van der Waals surface area contributed by atoms with Crippen LogP contribution in [-0.4, -0.2) is 33.1 Å². The summed E-state index contributed by atoms with van der Waals surface area (Å²) >= 11 is 0. The molecule has 1 aromatic carbocycles. The summed E-state index contributed by atoms with van der Waals surface area (Å²) in [5.41, 5.74) is 5.12. The van der Waals surface area contributed by atoms with Crippen LogP contribution in [-0.2, 0) is 14.8 Å². The molecule has 21 heavy (non-hydrogen) atoms. The van der Waals surface area contributed by atoms with Gasteiger partial charge in [-0.15, -0.1) is 0 Å². The molecule has 0 aliphatic rings. The van der Waals surface area contributed by atoms with E-state index in [0.29, 0.717) is 12.5 Å². The molecule has 0 aliphatic heterocycles. The van der Waals surface area contributed by atoms with Gasteiger partial charge in [-0.05, 0) is 18.1 Å². The highest BCUT2D eigenvalue weighted by Gasteiger charge is 2.25. The van der Waals surface area contributed by atoms with Crippen LogP contribution in [0.4, 0.5) is 11.4 Å². The highest BCUT2D eigenvalue weighted by Crippen LogP contribution is 2.25. The summed E-state index contributed by atoms with van der Waals surface area (Å²) in [5, 5.41) is 10.9. The molecule has 0 unspecified atom stereocenters. The summed E-state index contributed by atoms with van der Waals surface area (Å²) < 4.78 is 31.7. The standard InChI is InChI=1S/C12H19N3O5S/c1-9(2)8-20-6-5-14-21(18,19)12-7-10(13)3-4-11(12)15(16)17/h3-4,7,9,14H,5-6,8,13H2,1-2H3. The van der Waals surface area contributed by atoms with E-state index in [-0.39, 0.29) is 18.8 Å². The number of nitrogens with zero attached hydrogens (tertiary/aromatic N) is 1. The molecular formula is C12H19N3O5S. The van der Waals surface area contributed by atoms with Gasteiger partial charge in [-0.1, -0.05) is 13.8 Å². The molecule has 3 N–H and O–H groups in total. The van der Waals surface area contributed by atoms with Gasteiger partial charge in [-0.3, -0.25) is 10.1 Å². The lowest BCUT2D eigenvalue weighted by Gasteiger charge is -2.09. The number of hydrogen-bond donors (Lipinski definition) is 2. The lowest BCUT2D eigenvalue weighted by Crippen LogP contribution is -2.28. The molecule has 0 fully saturated rings. The number of nitrogens with two attached hydrogens (primary N) is 1. The quantitative estimate of drug-likeness (QED) is 0.320. The SMILES string of the molecule is CC(C)COCCNS(=O)(=O)c1cc(N)ccc1[N+](=O)[O-]. The second-order valence-corrected chi connectivity index (χ2v) is 6.59. The van der Waals surface area contributed by atoms with Gasteiger partial charge in [-0.25, -0.2) is 13.1 Å². The molecule has 0 amide bonds. The second-order valence-electron chi connectivity index (χ2n) is 4.85. The number of nitrogens with one attached hydrogen (secondary N) is 1. The third-order valence-corrected chi connectivity index (χ3v) is 3.95. The predicted molar refractivity (Wildman–Crippen MR) is 78.4 cm³/mol. The Balaban J connectivity index is 2.79. The minimum atomic E-state index is -4.01. The van der Waals surface area contributed by atoms with Gasteiger partial charge in [-0.2, -0.15) is 0 Å². The van der Waals surface area contributed by atoms with Crippen molar-refractivity contribution in [1.82, 2.24) is 4.72 Å². The number of nitro benzene ring substituents is 1. The Morgan fingerprint density at radius 3 is 2.67 bits per heavy atom. The van der Waals surface area contributed by atoms with Crippen molar-refractivity contribution in [1.29, 1.82) is 0 Å². The molecular weight excluding hydrogens is 298 g/mol. The first-order valence-corrected chi connectivity index (χ1v) is 7.83. The first kappa shape index (κ1) is 17.3. The zero-order valence-corrected chi connectivity index (χ0v) is 12.7. The van der Waals surface area contributed by atoms with E-state index >= 15 is 0 Å². The van der Waals surface area contributed by atoms with E-state index in [1.54, 1.807) is 0 Å². The van der Waals surface area contributed by atoms with Gasteiger partial charge in [0.15, 0.2) is 4.90 Å². The van der Waals surface area contributed by atoms with E-state index in [9.17, 15) is 18.5 Å². The molecule has 0 aliphatic carbocycles. The number of ether oxygens (including phenoxy) is 1. The molecule has 8 nitrogen and oxygen atoms in total. The van der Waals surface area contributed by atoms with Crippen molar-refractivity contribution in [2.75, 3.05) is 25.5 Å². The Hall–Kier alpha value is -1.71. The van der Waals surface area contributed by atoms with E-state index in [1.165, 1.54) is 6.07 Å². The molecule has 0 bridgehead atoms. The lowest BCUT2D eigenvalue weighted by atomic mass is 10.2. The molecule has 0 saturated carbocycles. The fraction of sp³-hybridized carbons (Fsp3) is 0.500. The smallest absolute Gasteiger partial charge is 0.289 e. The van der Waals surface area contributed by atoms with Crippen LogP contribution in [0, 0.1) is 16.0 Å². The molecule has 0 saturated heterocycles. The Morgan fingerprint density at radius 1 is 1.43 bits per heavy atom. The Labute approximate surface area is 123 Å². The lowest BCUT2D eigenvalue weighted by molar-refractivity contribution is -0.387. The van der Waals surface area contributed by atoms with Crippen LogP contribution in [0.5, 0.6) is 0 Å². The molecule has 0 atom stereocenters. The predicted octanol–water partition coefficient (Wildman–Crippen LogP) is 1.13. The number of sulfonamides is 1. The maximum atomic E-state index is 12.1. The van der Waals surface area contributed by atoms with E-state index in [2.05, 4.69) is 4.72 Å². The second kappa shape index (κ2) is 7.34. The van der Waals surface area contributed by atoms with Gasteiger partial charge in [0.05, 0.1) is 11.5 Å². The van der Waals surface area contributed by atoms with Crippen LogP contribution in [0.25, 0.3) is 0 Å². The maximum Gasteiger partial charge on any atom is 0.289 e. The summed E-state index contributed by atoms with van der Waals surface area (Å²) in [6.45, 7) is 4.68. The number of hydrogen-bond acceptors (Lipinski definition) is 6. The highest BCUT2D eigenvalue weighted by atomic mass is 32.2. The first-order valence-electron chi connectivity index (χ1n) is 6.35. The van der Waals surface area contributed by atoms with Crippen molar-refractivity contribution in [2.24, 2.45) is 5.92 Å². The summed E-state index contributed by atoms with van der Waals surface area (Å²) in [4.78, 5) is 9.67. The molecule has 1 rings (SSSR count). The van der Waals surface area contributed by atoms with Crippen LogP contribution in [0.15, 0.2) is 23.1 Å². The summed E-state index contributed by atoms with van der Waals surface area (Å²) in [6, 6.07) is 3.41. The van der Waals surface area contributed by atoms with Gasteiger partial charge in [0.2, 0.25) is 10.0 Å². The van der Waals surface area contributed by atoms with Crippen LogP contribution in [0.2, 0.25) is 0 Å². The summed E-state index contributed by atoms with van der Waals surface area (Å²) in [6.07, 6.45) is 0. The van der Waals surface area contributed by atoms with Crippen LogP contribution < -0.4 is 10.5 Å². The monoisotopic (exact) mass is 317 g/mol. The largest absolute Gasteiger partial charge is 0.399 e. The number of rotatable bonds is 8. The van der Waals surface area contributed by atoms with Crippen LogP contribution in [0.1, 0.15) is 13.8 Å². The minimum Gasteiger partial charge on any atom is -0.399 e. The van der Waals surface area contributed by atoms with Gasteiger partial charge in [0, 0.05) is 24.9 Å². The number of anilines is 1. The minimum absolute atomic E-state index is 0.0288. The van der Waals surface area contributed by atoms with E-state index in [1.807, 2.05) is 13.8 Å². The van der Waals surface area contributed by atoms with Gasteiger partial charge >= 0.3 is 0 Å². The normalized spacial score (nSPS) is 11.8. The van der Waals surface area contributed by atoms with E-state index in [0.717, 1.165) is 12.1 Å². The number of nitro groups is 1. The van der Waals surface area contributed by atoms with Crippen LogP contribution >= 0.6 is 0 Å². The number of nitrogen functional groups attached to an aromatic ring is 1. The average molecular weight is 317 g/mol. The molecule has 0 radical (unpaired) electrons. The van der Waals surface area contributed by atoms with Crippen molar-refractivity contribution in [2.45, 2.75) is 18.7 Å². The van der Waals surface area contributed by atoms with E-state index in [4.69, 9.17) is 10.5 Å². The van der Waals surface area contributed by atoms with Crippen LogP contribution in [0.3, 0.4) is 0 Å². The van der Waals surface area contributed by atoms with Gasteiger partial charge in [0.25, 0.3) is 5.69 Å². The summed E-state index contributed by atoms with van der Waals surface area (Å²) in [5.74, 6) is 0.344. The third-order valence-electron chi connectivity index (χ3n) is 2.46. The van der Waals surface area contributed by atoms with Crippen molar-refractivity contribution < 1.29 is 18.1 Å². The summed E-state index contributed by atoms with van der Waals surface area (Å²) in [7, 11) is -4.01. The topological polar surface area (TPSA) is 125 Å². The molecule has 0 spiro atoms.